The quantitative estimate of drug-likeness (QED) is 0.750. The van der Waals surface area contributed by atoms with Crippen LogP contribution in [0.25, 0.3) is 10.8 Å². The summed E-state index contributed by atoms with van der Waals surface area (Å²) in [7, 11) is 1.68. The zero-order chi connectivity index (χ0) is 17.4. The molecule has 1 saturated carbocycles. The van der Waals surface area contributed by atoms with Crippen LogP contribution < -0.4 is 4.74 Å². The van der Waals surface area contributed by atoms with Crippen LogP contribution in [0.2, 0.25) is 0 Å². The number of hydrogen-bond donors (Lipinski definition) is 0. The van der Waals surface area contributed by atoms with Crippen molar-refractivity contribution in [2.75, 3.05) is 26.7 Å². The predicted molar refractivity (Wildman–Crippen MR) is 101 cm³/mol. The van der Waals surface area contributed by atoms with Crippen molar-refractivity contribution < 1.29 is 9.53 Å². The van der Waals surface area contributed by atoms with Gasteiger partial charge in [0.25, 0.3) is 0 Å². The number of benzene rings is 2. The van der Waals surface area contributed by atoms with Crippen LogP contribution in [0.4, 0.5) is 0 Å². The van der Waals surface area contributed by atoms with Gasteiger partial charge in [-0.15, -0.1) is 0 Å². The molecule has 2 aliphatic rings. The molecule has 0 radical (unpaired) electrons. The number of hydrogen-bond acceptors (Lipinski definition) is 3. The molecule has 1 aliphatic heterocycles. The van der Waals surface area contributed by atoms with Crippen LogP contribution in [0.15, 0.2) is 36.4 Å². The molecule has 1 atom stereocenters. The number of carbonyl (C=O) groups excluding carboxylic acids is 1. The Balaban J connectivity index is 1.57. The average Bonchev–Trinajstić information content (AvgIpc) is 3.44. The summed E-state index contributed by atoms with van der Waals surface area (Å²) in [6.07, 6.45) is 4.86. The standard InChI is InChI=1S/C22H27NO2/c1-22(10-3-11-23(15-22)14-16-4-5-16)21(24)19-7-6-18-13-20(25-2)9-8-17(18)12-19/h6-9,12-13,16H,3-5,10-11,14-15H2,1-2H3. The number of ketones is 1. The van der Waals surface area contributed by atoms with Crippen LogP contribution in [-0.4, -0.2) is 37.4 Å². The topological polar surface area (TPSA) is 29.5 Å². The number of piperidine rings is 1. The van der Waals surface area contributed by atoms with Crippen LogP contribution in [0, 0.1) is 11.3 Å². The SMILES string of the molecule is COc1ccc2cc(C(=O)C3(C)CCCN(CC4CC4)C3)ccc2c1. The number of ether oxygens (including phenoxy) is 1. The average molecular weight is 337 g/mol. The summed E-state index contributed by atoms with van der Waals surface area (Å²) >= 11 is 0. The second kappa shape index (κ2) is 6.45. The summed E-state index contributed by atoms with van der Waals surface area (Å²) < 4.78 is 5.29. The molecule has 2 fully saturated rings. The molecule has 25 heavy (non-hydrogen) atoms. The zero-order valence-electron chi connectivity index (χ0n) is 15.3. The van der Waals surface area contributed by atoms with Crippen LogP contribution in [-0.2, 0) is 0 Å². The summed E-state index contributed by atoms with van der Waals surface area (Å²) in [5.41, 5.74) is 0.584. The maximum atomic E-state index is 13.3. The van der Waals surface area contributed by atoms with E-state index in [2.05, 4.69) is 11.8 Å². The Morgan fingerprint density at radius 2 is 1.96 bits per heavy atom. The highest BCUT2D eigenvalue weighted by atomic mass is 16.5. The Bertz CT molecular complexity index is 796. The number of carbonyl (C=O) groups is 1. The number of nitrogens with zero attached hydrogens (tertiary/aromatic N) is 1. The number of likely N-dealkylation sites (tertiary alicyclic amines) is 1. The van der Waals surface area contributed by atoms with Gasteiger partial charge in [0, 0.05) is 24.1 Å². The Labute approximate surface area is 150 Å². The van der Waals surface area contributed by atoms with E-state index in [-0.39, 0.29) is 5.41 Å². The molecule has 0 bridgehead atoms. The van der Waals surface area contributed by atoms with Gasteiger partial charge in [0.15, 0.2) is 5.78 Å². The van der Waals surface area contributed by atoms with Gasteiger partial charge in [-0.3, -0.25) is 4.79 Å². The fourth-order valence-electron chi connectivity index (χ4n) is 4.19. The van der Waals surface area contributed by atoms with Crippen molar-refractivity contribution in [2.24, 2.45) is 11.3 Å². The van der Waals surface area contributed by atoms with E-state index in [0.717, 1.165) is 53.9 Å². The van der Waals surface area contributed by atoms with E-state index in [1.165, 1.54) is 19.4 Å². The van der Waals surface area contributed by atoms with E-state index in [1.807, 2.05) is 36.4 Å². The van der Waals surface area contributed by atoms with Gasteiger partial charge in [-0.25, -0.2) is 0 Å². The summed E-state index contributed by atoms with van der Waals surface area (Å²) in [6.45, 7) is 5.40. The molecule has 1 heterocycles. The molecular weight excluding hydrogens is 310 g/mol. The second-order valence-electron chi connectivity index (χ2n) is 8.10. The molecule has 3 heteroatoms. The smallest absolute Gasteiger partial charge is 0.170 e. The van der Waals surface area contributed by atoms with Gasteiger partial charge in [-0.1, -0.05) is 25.1 Å². The predicted octanol–water partition coefficient (Wildman–Crippen LogP) is 4.54. The Morgan fingerprint density at radius 3 is 2.72 bits per heavy atom. The maximum Gasteiger partial charge on any atom is 0.170 e. The third-order valence-electron chi connectivity index (χ3n) is 5.85. The molecule has 1 saturated heterocycles. The summed E-state index contributed by atoms with van der Waals surface area (Å²) in [5.74, 6) is 2.03. The molecule has 1 aliphatic carbocycles. The van der Waals surface area contributed by atoms with Gasteiger partial charge >= 0.3 is 0 Å². The van der Waals surface area contributed by atoms with Crippen molar-refractivity contribution in [3.63, 3.8) is 0 Å². The third-order valence-corrected chi connectivity index (χ3v) is 5.85. The molecule has 0 aromatic heterocycles. The first-order chi connectivity index (χ1) is 12.1. The minimum atomic E-state index is -0.257. The molecule has 0 spiro atoms. The number of methoxy groups -OCH3 is 1. The highest BCUT2D eigenvalue weighted by Crippen LogP contribution is 2.37. The van der Waals surface area contributed by atoms with Crippen molar-refractivity contribution in [3.05, 3.63) is 42.0 Å². The monoisotopic (exact) mass is 337 g/mol. The zero-order valence-corrected chi connectivity index (χ0v) is 15.3. The van der Waals surface area contributed by atoms with Gasteiger partial charge in [0.05, 0.1) is 7.11 Å². The highest BCUT2D eigenvalue weighted by molar-refractivity contribution is 6.03. The van der Waals surface area contributed by atoms with E-state index < -0.39 is 0 Å². The van der Waals surface area contributed by atoms with Crippen LogP contribution >= 0.6 is 0 Å². The largest absolute Gasteiger partial charge is 0.497 e. The first-order valence-corrected chi connectivity index (χ1v) is 9.42. The number of rotatable bonds is 5. The van der Waals surface area contributed by atoms with Crippen LogP contribution in [0.5, 0.6) is 5.75 Å². The van der Waals surface area contributed by atoms with Gasteiger partial charge in [0.1, 0.15) is 5.75 Å². The maximum absolute atomic E-state index is 13.3. The van der Waals surface area contributed by atoms with Crippen molar-refractivity contribution in [2.45, 2.75) is 32.6 Å². The van der Waals surface area contributed by atoms with Crippen molar-refractivity contribution >= 4 is 16.6 Å². The lowest BCUT2D eigenvalue weighted by atomic mass is 9.75. The summed E-state index contributed by atoms with van der Waals surface area (Å²) in [6, 6.07) is 12.1. The third kappa shape index (κ3) is 3.43. The van der Waals surface area contributed by atoms with Gasteiger partial charge in [0.2, 0.25) is 0 Å². The van der Waals surface area contributed by atoms with Crippen molar-refractivity contribution in [3.8, 4) is 5.75 Å². The fourth-order valence-corrected chi connectivity index (χ4v) is 4.19. The Hall–Kier alpha value is -1.87. The molecule has 0 N–H and O–H groups in total. The number of Topliss-reactive ketones (excluding diaryl/α,β-unsaturated/α-hetero) is 1. The molecule has 3 nitrogen and oxygen atoms in total. The minimum absolute atomic E-state index is 0.257. The van der Waals surface area contributed by atoms with Gasteiger partial charge < -0.3 is 9.64 Å². The van der Waals surface area contributed by atoms with Crippen molar-refractivity contribution in [1.29, 1.82) is 0 Å². The molecule has 4 rings (SSSR count). The first-order valence-electron chi connectivity index (χ1n) is 9.42. The molecule has 132 valence electrons. The molecule has 0 amide bonds. The van der Waals surface area contributed by atoms with Gasteiger partial charge in [-0.2, -0.15) is 0 Å². The molecular formula is C22H27NO2. The molecule has 2 aromatic carbocycles. The lowest BCUT2D eigenvalue weighted by molar-refractivity contribution is 0.0590. The molecule has 1 unspecified atom stereocenters. The van der Waals surface area contributed by atoms with Crippen LogP contribution in [0.1, 0.15) is 43.0 Å². The lowest BCUT2D eigenvalue weighted by Gasteiger charge is -2.39. The molecule has 2 aromatic rings. The van der Waals surface area contributed by atoms with E-state index in [1.54, 1.807) is 7.11 Å². The van der Waals surface area contributed by atoms with E-state index in [4.69, 9.17) is 4.74 Å². The second-order valence-corrected chi connectivity index (χ2v) is 8.10. The number of fused-ring (bicyclic) bond motifs is 1. The van der Waals surface area contributed by atoms with Crippen molar-refractivity contribution in [1.82, 2.24) is 4.90 Å². The van der Waals surface area contributed by atoms with Gasteiger partial charge in [-0.05, 0) is 67.1 Å². The van der Waals surface area contributed by atoms with E-state index >= 15 is 0 Å². The Morgan fingerprint density at radius 1 is 1.20 bits per heavy atom. The summed E-state index contributed by atoms with van der Waals surface area (Å²) in [4.78, 5) is 15.8. The first kappa shape index (κ1) is 16.6. The van der Waals surface area contributed by atoms with E-state index in [9.17, 15) is 4.79 Å². The summed E-state index contributed by atoms with van der Waals surface area (Å²) in [5, 5.41) is 2.21. The minimum Gasteiger partial charge on any atom is -0.497 e. The van der Waals surface area contributed by atoms with Crippen LogP contribution in [0.3, 0.4) is 0 Å². The fraction of sp³-hybridized carbons (Fsp3) is 0.500. The normalized spacial score (nSPS) is 24.4. The highest BCUT2D eigenvalue weighted by Gasteiger charge is 2.39. The lowest BCUT2D eigenvalue weighted by Crippen LogP contribution is -2.46. The van der Waals surface area contributed by atoms with E-state index in [0.29, 0.717) is 5.78 Å². The Kier molecular flexibility index (Phi) is 4.28.